The van der Waals surface area contributed by atoms with E-state index in [2.05, 4.69) is 5.32 Å². The molecule has 0 bridgehead atoms. The van der Waals surface area contributed by atoms with E-state index in [-0.39, 0.29) is 17.6 Å². The molecular weight excluding hydrogens is 290 g/mol. The molecule has 21 heavy (non-hydrogen) atoms. The van der Waals surface area contributed by atoms with Crippen molar-refractivity contribution in [1.29, 1.82) is 0 Å². The van der Waals surface area contributed by atoms with Crippen LogP contribution in [0.2, 0.25) is 0 Å². The van der Waals surface area contributed by atoms with Crippen LogP contribution in [0.4, 0.5) is 11.4 Å². The molecule has 1 atom stereocenters. The number of sulfonamides is 1. The zero-order valence-electron chi connectivity index (χ0n) is 12.2. The van der Waals surface area contributed by atoms with Gasteiger partial charge in [0, 0.05) is 12.2 Å². The van der Waals surface area contributed by atoms with Crippen LogP contribution in [-0.4, -0.2) is 32.7 Å². The van der Waals surface area contributed by atoms with E-state index in [1.54, 1.807) is 24.3 Å². The van der Waals surface area contributed by atoms with Crippen molar-refractivity contribution in [1.82, 2.24) is 0 Å². The van der Waals surface area contributed by atoms with Gasteiger partial charge in [0.05, 0.1) is 17.5 Å². The minimum Gasteiger partial charge on any atom is -0.325 e. The average Bonchev–Trinajstić information content (AvgIpc) is 2.78. The van der Waals surface area contributed by atoms with Gasteiger partial charge in [0.25, 0.3) is 0 Å². The van der Waals surface area contributed by atoms with Crippen LogP contribution in [0.5, 0.6) is 0 Å². The molecule has 6 nitrogen and oxygen atoms in total. The zero-order valence-corrected chi connectivity index (χ0v) is 13.1. The van der Waals surface area contributed by atoms with Crippen molar-refractivity contribution >= 4 is 27.3 Å². The summed E-state index contributed by atoms with van der Waals surface area (Å²) in [4.78, 5) is 11.9. The van der Waals surface area contributed by atoms with Crippen molar-refractivity contribution in [3.8, 4) is 0 Å². The quantitative estimate of drug-likeness (QED) is 0.872. The molecule has 0 aromatic heterocycles. The maximum Gasteiger partial charge on any atom is 0.241 e. The third kappa shape index (κ3) is 3.54. The third-order valence-corrected chi connectivity index (χ3v) is 5.41. The lowest BCUT2D eigenvalue weighted by Gasteiger charge is -2.18. The fourth-order valence-electron chi connectivity index (χ4n) is 2.17. The monoisotopic (exact) mass is 311 g/mol. The second-order valence-electron chi connectivity index (χ2n) is 5.55. The van der Waals surface area contributed by atoms with Crippen molar-refractivity contribution < 1.29 is 13.2 Å². The summed E-state index contributed by atoms with van der Waals surface area (Å²) >= 11 is 0. The number of carbonyl (C=O) groups excluding carboxylic acids is 1. The highest BCUT2D eigenvalue weighted by atomic mass is 32.2. The number of rotatable bonds is 4. The van der Waals surface area contributed by atoms with Crippen molar-refractivity contribution in [3.05, 3.63) is 24.3 Å². The van der Waals surface area contributed by atoms with E-state index in [1.165, 1.54) is 4.31 Å². The smallest absolute Gasteiger partial charge is 0.241 e. The van der Waals surface area contributed by atoms with Crippen molar-refractivity contribution in [2.75, 3.05) is 21.9 Å². The topological polar surface area (TPSA) is 92.5 Å². The lowest BCUT2D eigenvalue weighted by molar-refractivity contribution is -0.118. The van der Waals surface area contributed by atoms with Gasteiger partial charge in [0.15, 0.2) is 0 Å². The number of hydrogen-bond acceptors (Lipinski definition) is 4. The molecule has 1 aromatic rings. The van der Waals surface area contributed by atoms with Crippen LogP contribution in [0.1, 0.15) is 20.3 Å². The number of hydrogen-bond donors (Lipinski definition) is 2. The van der Waals surface area contributed by atoms with Gasteiger partial charge >= 0.3 is 0 Å². The van der Waals surface area contributed by atoms with Gasteiger partial charge in [-0.05, 0) is 36.6 Å². The SMILES string of the molecule is CC(C)C(N)C(=O)Nc1ccc(N2CCCS2(=O)=O)cc1. The van der Waals surface area contributed by atoms with E-state index in [0.717, 1.165) is 0 Å². The highest BCUT2D eigenvalue weighted by Crippen LogP contribution is 2.25. The van der Waals surface area contributed by atoms with Crippen LogP contribution in [0.15, 0.2) is 24.3 Å². The first-order chi connectivity index (χ1) is 9.81. The molecule has 1 amide bonds. The van der Waals surface area contributed by atoms with Crippen molar-refractivity contribution in [3.63, 3.8) is 0 Å². The summed E-state index contributed by atoms with van der Waals surface area (Å²) in [5.41, 5.74) is 7.00. The largest absolute Gasteiger partial charge is 0.325 e. The van der Waals surface area contributed by atoms with E-state index in [9.17, 15) is 13.2 Å². The number of nitrogens with one attached hydrogen (secondary N) is 1. The Balaban J connectivity index is 2.08. The summed E-state index contributed by atoms with van der Waals surface area (Å²) in [7, 11) is -3.17. The maximum atomic E-state index is 11.9. The minimum absolute atomic E-state index is 0.0546. The van der Waals surface area contributed by atoms with Crippen LogP contribution in [0, 0.1) is 5.92 Å². The van der Waals surface area contributed by atoms with E-state index in [4.69, 9.17) is 5.73 Å². The van der Waals surface area contributed by atoms with Crippen molar-refractivity contribution in [2.24, 2.45) is 11.7 Å². The summed E-state index contributed by atoms with van der Waals surface area (Å²) in [6.45, 7) is 4.27. The Hall–Kier alpha value is -1.60. The van der Waals surface area contributed by atoms with Gasteiger partial charge in [-0.25, -0.2) is 8.42 Å². The fourth-order valence-corrected chi connectivity index (χ4v) is 3.73. The molecule has 1 aliphatic heterocycles. The number of amides is 1. The highest BCUT2D eigenvalue weighted by Gasteiger charge is 2.28. The Labute approximate surface area is 125 Å². The van der Waals surface area contributed by atoms with Gasteiger partial charge in [-0.2, -0.15) is 0 Å². The molecule has 1 unspecified atom stereocenters. The lowest BCUT2D eigenvalue weighted by Crippen LogP contribution is -2.39. The van der Waals surface area contributed by atoms with Gasteiger partial charge in [-0.3, -0.25) is 9.10 Å². The Bertz CT molecular complexity index is 611. The number of anilines is 2. The highest BCUT2D eigenvalue weighted by molar-refractivity contribution is 7.93. The molecule has 0 spiro atoms. The summed E-state index contributed by atoms with van der Waals surface area (Å²) in [5, 5.41) is 2.73. The number of nitrogens with zero attached hydrogens (tertiary/aromatic N) is 1. The van der Waals surface area contributed by atoms with Gasteiger partial charge in [-0.1, -0.05) is 13.8 Å². The average molecular weight is 311 g/mol. The second-order valence-corrected chi connectivity index (χ2v) is 7.56. The number of benzene rings is 1. The molecule has 1 aromatic carbocycles. The fraction of sp³-hybridized carbons (Fsp3) is 0.500. The zero-order chi connectivity index (χ0) is 15.6. The third-order valence-electron chi connectivity index (χ3n) is 3.54. The molecule has 1 fully saturated rings. The predicted octanol–water partition coefficient (Wildman–Crippen LogP) is 1.15. The summed E-state index contributed by atoms with van der Waals surface area (Å²) in [6, 6.07) is 6.20. The van der Waals surface area contributed by atoms with Crippen LogP contribution in [0.25, 0.3) is 0 Å². The number of carbonyl (C=O) groups is 1. The minimum atomic E-state index is -3.17. The van der Waals surface area contributed by atoms with Crippen molar-refractivity contribution in [2.45, 2.75) is 26.3 Å². The molecule has 0 aliphatic carbocycles. The molecule has 7 heteroatoms. The standard InChI is InChI=1S/C14H21N3O3S/c1-10(2)13(15)14(18)16-11-4-6-12(7-5-11)17-8-3-9-21(17,19)20/h4-7,10,13H,3,8-9,15H2,1-2H3,(H,16,18). The normalized spacial score (nSPS) is 18.8. The molecule has 0 radical (unpaired) electrons. The molecular formula is C14H21N3O3S. The Morgan fingerprint density at radius 3 is 2.38 bits per heavy atom. The first-order valence-corrected chi connectivity index (χ1v) is 8.59. The molecule has 1 aliphatic rings. The Kier molecular flexibility index (Phi) is 4.53. The second kappa shape index (κ2) is 6.03. The molecule has 3 N–H and O–H groups in total. The molecule has 2 rings (SSSR count). The van der Waals surface area contributed by atoms with E-state index < -0.39 is 16.1 Å². The summed E-state index contributed by atoms with van der Waals surface area (Å²) in [5.74, 6) is -0.0000805. The molecule has 116 valence electrons. The van der Waals surface area contributed by atoms with Gasteiger partial charge in [0.1, 0.15) is 0 Å². The predicted molar refractivity (Wildman–Crippen MR) is 83.6 cm³/mol. The first-order valence-electron chi connectivity index (χ1n) is 6.98. The van der Waals surface area contributed by atoms with Gasteiger partial charge in [-0.15, -0.1) is 0 Å². The Morgan fingerprint density at radius 2 is 1.90 bits per heavy atom. The van der Waals surface area contributed by atoms with Crippen LogP contribution in [-0.2, 0) is 14.8 Å². The first kappa shape index (κ1) is 15.8. The van der Waals surface area contributed by atoms with E-state index >= 15 is 0 Å². The molecule has 1 heterocycles. The summed E-state index contributed by atoms with van der Waals surface area (Å²) in [6.07, 6.45) is 0.643. The Morgan fingerprint density at radius 1 is 1.29 bits per heavy atom. The maximum absolute atomic E-state index is 11.9. The van der Waals surface area contributed by atoms with Crippen LogP contribution in [0.3, 0.4) is 0 Å². The van der Waals surface area contributed by atoms with E-state index in [1.807, 2.05) is 13.8 Å². The lowest BCUT2D eigenvalue weighted by atomic mass is 10.0. The van der Waals surface area contributed by atoms with Gasteiger partial charge < -0.3 is 11.1 Å². The van der Waals surface area contributed by atoms with Crippen LogP contribution >= 0.6 is 0 Å². The molecule has 0 saturated carbocycles. The van der Waals surface area contributed by atoms with Gasteiger partial charge in [0.2, 0.25) is 15.9 Å². The van der Waals surface area contributed by atoms with Crippen LogP contribution < -0.4 is 15.4 Å². The number of nitrogens with two attached hydrogens (primary N) is 1. The molecule has 1 saturated heterocycles. The summed E-state index contributed by atoms with van der Waals surface area (Å²) < 4.78 is 25.1. The van der Waals surface area contributed by atoms with E-state index in [0.29, 0.717) is 24.3 Å².